The third-order valence-electron chi connectivity index (χ3n) is 8.24. The predicted octanol–water partition coefficient (Wildman–Crippen LogP) is 10.3. The van der Waals surface area contributed by atoms with Crippen LogP contribution >= 0.6 is 0 Å². The zero-order chi connectivity index (χ0) is 31.2. The number of hydrogen-bond donors (Lipinski definition) is 0. The summed E-state index contributed by atoms with van der Waals surface area (Å²) >= 11 is 0. The number of hydrogen-bond acceptors (Lipinski definition) is 3. The molecule has 0 amide bonds. The number of rotatable bonds is 7. The van der Waals surface area contributed by atoms with Crippen LogP contribution in [0.5, 0.6) is 11.5 Å². The van der Waals surface area contributed by atoms with Gasteiger partial charge in [-0.1, -0.05) is 81.2 Å². The van der Waals surface area contributed by atoms with Crippen molar-refractivity contribution in [1.29, 1.82) is 0 Å². The number of nitrogens with zero attached hydrogens (tertiary/aromatic N) is 4. The van der Waals surface area contributed by atoms with Gasteiger partial charge in [-0.2, -0.15) is 17.2 Å². The van der Waals surface area contributed by atoms with Crippen molar-refractivity contribution in [2.45, 2.75) is 53.4 Å². The Hall–Kier alpha value is -4.50. The van der Waals surface area contributed by atoms with Gasteiger partial charge < -0.3 is 9.30 Å². The Morgan fingerprint density at radius 3 is 2.24 bits per heavy atom. The first-order chi connectivity index (χ1) is 21.8. The van der Waals surface area contributed by atoms with Crippen LogP contribution < -0.4 is 4.74 Å². The maximum atomic E-state index is 6.46. The van der Waals surface area contributed by atoms with Crippen molar-refractivity contribution in [2.75, 3.05) is 0 Å². The molecule has 0 radical (unpaired) electrons. The molecule has 0 spiro atoms. The first-order valence-electron chi connectivity index (χ1n) is 15.6. The summed E-state index contributed by atoms with van der Waals surface area (Å²) in [6.45, 7) is 13.1. The molecule has 7 aromatic rings. The minimum absolute atomic E-state index is 0. The third kappa shape index (κ3) is 5.68. The standard InChI is InChI=1S/C40H36N4O.Pd/c1-25(2)39-38(29-12-9-11-27(5)21-29)40(26(3)4)44(42-39)30-13-10-14-31(23-30)45-32-17-18-34-33-15-7-8-16-35(33)43(36(34)24-32)37-22-28(6)19-20-41-37;/h7-22,25-26H,1-6H3;/q-2;+2. The molecule has 4 aromatic carbocycles. The summed E-state index contributed by atoms with van der Waals surface area (Å²) in [4.78, 5) is 4.70. The molecule has 0 saturated carbocycles. The molecule has 3 aromatic heterocycles. The molecule has 46 heavy (non-hydrogen) atoms. The average molecular weight is 695 g/mol. The Morgan fingerprint density at radius 2 is 1.48 bits per heavy atom. The van der Waals surface area contributed by atoms with Crippen molar-refractivity contribution in [3.05, 3.63) is 132 Å². The van der Waals surface area contributed by atoms with Gasteiger partial charge in [-0.05, 0) is 66.1 Å². The van der Waals surface area contributed by atoms with Crippen molar-refractivity contribution in [1.82, 2.24) is 19.3 Å². The minimum Gasteiger partial charge on any atom is -0.509 e. The average Bonchev–Trinajstić information content (AvgIpc) is 3.58. The van der Waals surface area contributed by atoms with Crippen LogP contribution in [0, 0.1) is 26.0 Å². The molecule has 0 aliphatic rings. The van der Waals surface area contributed by atoms with Crippen molar-refractivity contribution in [3.63, 3.8) is 0 Å². The van der Waals surface area contributed by atoms with E-state index in [4.69, 9.17) is 14.8 Å². The number of pyridine rings is 1. The van der Waals surface area contributed by atoms with E-state index < -0.39 is 0 Å². The van der Waals surface area contributed by atoms with E-state index >= 15 is 0 Å². The summed E-state index contributed by atoms with van der Waals surface area (Å²) in [6, 6.07) is 38.3. The van der Waals surface area contributed by atoms with E-state index in [1.807, 2.05) is 36.5 Å². The smallest absolute Gasteiger partial charge is 0.509 e. The van der Waals surface area contributed by atoms with Gasteiger partial charge in [-0.3, -0.25) is 4.68 Å². The van der Waals surface area contributed by atoms with Crippen LogP contribution in [-0.4, -0.2) is 19.3 Å². The van der Waals surface area contributed by atoms with Crippen LogP contribution in [0.25, 0.3) is 44.4 Å². The molecule has 0 bridgehead atoms. The molecule has 3 heterocycles. The van der Waals surface area contributed by atoms with Crippen LogP contribution in [0.15, 0.2) is 97.2 Å². The molecule has 0 atom stereocenters. The number of fused-ring (bicyclic) bond motifs is 3. The van der Waals surface area contributed by atoms with Gasteiger partial charge >= 0.3 is 20.4 Å². The SMILES string of the molecule is Cc1cccc(-c2c(C(C)C)nn(-c3[c-]c(Oc4[c-]c5c(cc4)c4ccccc4n5-c4cc(C)ccn4)ccc3)c2C(C)C)c1.[Pd+2]. The Labute approximate surface area is 284 Å². The summed E-state index contributed by atoms with van der Waals surface area (Å²) < 4.78 is 10.7. The summed E-state index contributed by atoms with van der Waals surface area (Å²) in [7, 11) is 0. The maximum absolute atomic E-state index is 6.46. The molecule has 5 nitrogen and oxygen atoms in total. The number of benzene rings is 4. The van der Waals surface area contributed by atoms with Crippen molar-refractivity contribution >= 4 is 21.8 Å². The fraction of sp³-hybridized carbons (Fsp3) is 0.200. The van der Waals surface area contributed by atoms with E-state index in [9.17, 15) is 0 Å². The molecular formula is C40H36N4OPd. The van der Waals surface area contributed by atoms with E-state index in [-0.39, 0.29) is 32.3 Å². The fourth-order valence-electron chi connectivity index (χ4n) is 6.22. The predicted molar refractivity (Wildman–Crippen MR) is 183 cm³/mol. The first-order valence-corrected chi connectivity index (χ1v) is 15.6. The molecule has 6 heteroatoms. The molecule has 0 N–H and O–H groups in total. The number of aromatic nitrogens is 4. The van der Waals surface area contributed by atoms with Gasteiger partial charge in [0, 0.05) is 28.8 Å². The van der Waals surface area contributed by atoms with Crippen LogP contribution in [0.4, 0.5) is 0 Å². The number of aryl methyl sites for hydroxylation is 2. The molecule has 0 unspecified atom stereocenters. The Morgan fingerprint density at radius 1 is 0.717 bits per heavy atom. The van der Waals surface area contributed by atoms with Gasteiger partial charge in [0.15, 0.2) is 0 Å². The third-order valence-corrected chi connectivity index (χ3v) is 8.24. The van der Waals surface area contributed by atoms with Crippen molar-refractivity contribution in [3.8, 4) is 34.1 Å². The molecule has 0 aliphatic carbocycles. The fourth-order valence-corrected chi connectivity index (χ4v) is 6.22. The topological polar surface area (TPSA) is 44.9 Å². The molecule has 232 valence electrons. The van der Waals surface area contributed by atoms with Crippen LogP contribution in [0.1, 0.15) is 62.0 Å². The maximum Gasteiger partial charge on any atom is 2.00 e. The van der Waals surface area contributed by atoms with Gasteiger partial charge in [-0.15, -0.1) is 35.7 Å². The van der Waals surface area contributed by atoms with Crippen LogP contribution in [0.3, 0.4) is 0 Å². The van der Waals surface area contributed by atoms with E-state index in [1.165, 1.54) is 22.4 Å². The molecule has 0 saturated heterocycles. The van der Waals surface area contributed by atoms with Gasteiger partial charge in [0.2, 0.25) is 0 Å². The van der Waals surface area contributed by atoms with Gasteiger partial charge in [0.1, 0.15) is 5.82 Å². The van der Waals surface area contributed by atoms with E-state index in [1.54, 1.807) is 0 Å². The second-order valence-electron chi connectivity index (χ2n) is 12.4. The molecule has 0 fully saturated rings. The molecule has 0 aliphatic heterocycles. The summed E-state index contributed by atoms with van der Waals surface area (Å²) in [6.07, 6.45) is 1.85. The van der Waals surface area contributed by atoms with Crippen LogP contribution in [-0.2, 0) is 20.4 Å². The summed E-state index contributed by atoms with van der Waals surface area (Å²) in [5, 5.41) is 7.43. The van der Waals surface area contributed by atoms with Gasteiger partial charge in [0.05, 0.1) is 11.4 Å². The van der Waals surface area contributed by atoms with Crippen molar-refractivity contribution in [2.24, 2.45) is 0 Å². The normalized spacial score (nSPS) is 11.5. The second kappa shape index (κ2) is 12.7. The second-order valence-corrected chi connectivity index (χ2v) is 12.4. The van der Waals surface area contributed by atoms with E-state index in [0.717, 1.165) is 44.6 Å². The zero-order valence-electron chi connectivity index (χ0n) is 26.9. The Kier molecular flexibility index (Phi) is 8.70. The largest absolute Gasteiger partial charge is 2.00 e. The molecular weight excluding hydrogens is 659 g/mol. The number of para-hydroxylation sites is 1. The zero-order valence-corrected chi connectivity index (χ0v) is 28.5. The monoisotopic (exact) mass is 694 g/mol. The Bertz CT molecular complexity index is 2190. The van der Waals surface area contributed by atoms with Gasteiger partial charge in [-0.25, -0.2) is 4.98 Å². The van der Waals surface area contributed by atoms with Gasteiger partial charge in [0.25, 0.3) is 0 Å². The number of ether oxygens (including phenoxy) is 1. The first kappa shape index (κ1) is 31.5. The van der Waals surface area contributed by atoms with E-state index in [0.29, 0.717) is 11.5 Å². The summed E-state index contributed by atoms with van der Waals surface area (Å²) in [5.41, 5.74) is 9.88. The summed E-state index contributed by atoms with van der Waals surface area (Å²) in [5.74, 6) is 2.57. The Balaban J connectivity index is 0.00000372. The van der Waals surface area contributed by atoms with E-state index in [2.05, 4.69) is 124 Å². The molecule has 7 rings (SSSR count). The minimum atomic E-state index is 0. The van der Waals surface area contributed by atoms with Crippen LogP contribution in [0.2, 0.25) is 0 Å². The quantitative estimate of drug-likeness (QED) is 0.123. The van der Waals surface area contributed by atoms with Crippen molar-refractivity contribution < 1.29 is 25.2 Å².